The first-order valence-electron chi connectivity index (χ1n) is 9.66. The normalized spacial score (nSPS) is 15.6. The van der Waals surface area contributed by atoms with Crippen molar-refractivity contribution >= 4 is 12.1 Å². The fourth-order valence-electron chi connectivity index (χ4n) is 2.95. The number of guanidine groups is 1. The molecule has 7 nitrogen and oxygen atoms in total. The molecule has 2 rings (SSSR count). The molecule has 1 saturated heterocycles. The van der Waals surface area contributed by atoms with Crippen LogP contribution in [0.5, 0.6) is 5.75 Å². The SMILES string of the molecule is CCOC(=O)N1CCC(NC(=NC)NCc2ccc(OC(C)C)cc2)CC1. The van der Waals surface area contributed by atoms with Gasteiger partial charge in [-0.2, -0.15) is 0 Å². The maximum absolute atomic E-state index is 11.8. The van der Waals surface area contributed by atoms with Crippen molar-refractivity contribution in [3.05, 3.63) is 29.8 Å². The van der Waals surface area contributed by atoms with Gasteiger partial charge in [-0.05, 0) is 51.3 Å². The Morgan fingerprint density at radius 3 is 2.48 bits per heavy atom. The van der Waals surface area contributed by atoms with Gasteiger partial charge in [-0.3, -0.25) is 4.99 Å². The number of nitrogens with one attached hydrogen (secondary N) is 2. The summed E-state index contributed by atoms with van der Waals surface area (Å²) in [4.78, 5) is 17.8. The number of nitrogens with zero attached hydrogens (tertiary/aromatic N) is 2. The second kappa shape index (κ2) is 10.6. The summed E-state index contributed by atoms with van der Waals surface area (Å²) in [6, 6.07) is 8.37. The van der Waals surface area contributed by atoms with Crippen molar-refractivity contribution in [2.24, 2.45) is 4.99 Å². The maximum Gasteiger partial charge on any atom is 0.409 e. The number of carbonyl (C=O) groups excluding carboxylic acids is 1. The summed E-state index contributed by atoms with van der Waals surface area (Å²) in [6.07, 6.45) is 1.71. The van der Waals surface area contributed by atoms with Crippen LogP contribution in [-0.4, -0.2) is 55.8 Å². The number of hydrogen-bond donors (Lipinski definition) is 2. The first-order chi connectivity index (χ1) is 13.0. The van der Waals surface area contributed by atoms with Gasteiger partial charge in [0.05, 0.1) is 12.7 Å². The van der Waals surface area contributed by atoms with Crippen LogP contribution in [0.15, 0.2) is 29.3 Å². The first kappa shape index (κ1) is 20.9. The molecule has 1 aromatic carbocycles. The number of ether oxygens (including phenoxy) is 2. The van der Waals surface area contributed by atoms with E-state index in [0.29, 0.717) is 32.3 Å². The van der Waals surface area contributed by atoms with Gasteiger partial charge in [-0.25, -0.2) is 4.79 Å². The smallest absolute Gasteiger partial charge is 0.409 e. The molecular formula is C20H32N4O3. The van der Waals surface area contributed by atoms with Crippen molar-refractivity contribution in [1.82, 2.24) is 15.5 Å². The van der Waals surface area contributed by atoms with E-state index in [1.54, 1.807) is 11.9 Å². The number of likely N-dealkylation sites (tertiary alicyclic amines) is 1. The summed E-state index contributed by atoms with van der Waals surface area (Å²) < 4.78 is 10.7. The van der Waals surface area contributed by atoms with E-state index in [9.17, 15) is 4.79 Å². The van der Waals surface area contributed by atoms with Crippen molar-refractivity contribution < 1.29 is 14.3 Å². The molecule has 2 N–H and O–H groups in total. The minimum Gasteiger partial charge on any atom is -0.491 e. The Kier molecular flexibility index (Phi) is 8.23. The van der Waals surface area contributed by atoms with Crippen LogP contribution < -0.4 is 15.4 Å². The Hall–Kier alpha value is -2.44. The third-order valence-corrected chi connectivity index (χ3v) is 4.34. The summed E-state index contributed by atoms with van der Waals surface area (Å²) >= 11 is 0. The van der Waals surface area contributed by atoms with Crippen LogP contribution in [0.25, 0.3) is 0 Å². The molecule has 1 aromatic rings. The van der Waals surface area contributed by atoms with Gasteiger partial charge in [-0.1, -0.05) is 12.1 Å². The third kappa shape index (κ3) is 7.00. The van der Waals surface area contributed by atoms with Crippen molar-refractivity contribution in [2.45, 2.75) is 52.3 Å². The molecule has 0 spiro atoms. The van der Waals surface area contributed by atoms with Crippen LogP contribution in [-0.2, 0) is 11.3 Å². The average molecular weight is 377 g/mol. The van der Waals surface area contributed by atoms with Gasteiger partial charge in [0, 0.05) is 32.7 Å². The van der Waals surface area contributed by atoms with Crippen molar-refractivity contribution in [3.8, 4) is 5.75 Å². The number of benzene rings is 1. The van der Waals surface area contributed by atoms with Crippen LogP contribution in [0.3, 0.4) is 0 Å². The number of hydrogen-bond acceptors (Lipinski definition) is 4. The second-order valence-electron chi connectivity index (χ2n) is 6.84. The summed E-state index contributed by atoms with van der Waals surface area (Å²) in [7, 11) is 1.77. The van der Waals surface area contributed by atoms with Gasteiger partial charge in [0.25, 0.3) is 0 Å². The Morgan fingerprint density at radius 2 is 1.93 bits per heavy atom. The number of rotatable bonds is 6. The monoisotopic (exact) mass is 376 g/mol. The highest BCUT2D eigenvalue weighted by Gasteiger charge is 2.23. The van der Waals surface area contributed by atoms with Crippen LogP contribution in [0.4, 0.5) is 4.79 Å². The highest BCUT2D eigenvalue weighted by atomic mass is 16.6. The van der Waals surface area contributed by atoms with E-state index in [1.165, 1.54) is 0 Å². The highest BCUT2D eigenvalue weighted by molar-refractivity contribution is 5.80. The number of aliphatic imine (C=N–C) groups is 1. The molecule has 1 amide bonds. The summed E-state index contributed by atoms with van der Waals surface area (Å²) in [6.45, 7) is 8.36. The van der Waals surface area contributed by atoms with Crippen LogP contribution in [0.2, 0.25) is 0 Å². The zero-order valence-electron chi connectivity index (χ0n) is 16.8. The molecule has 0 bridgehead atoms. The van der Waals surface area contributed by atoms with Crippen molar-refractivity contribution in [1.29, 1.82) is 0 Å². The Labute approximate surface area is 162 Å². The van der Waals surface area contributed by atoms with E-state index in [1.807, 2.05) is 32.9 Å². The minimum atomic E-state index is -0.219. The number of piperidine rings is 1. The second-order valence-corrected chi connectivity index (χ2v) is 6.84. The number of amides is 1. The number of carbonyl (C=O) groups is 1. The van der Waals surface area contributed by atoms with Gasteiger partial charge in [0.1, 0.15) is 5.75 Å². The Bertz CT molecular complexity index is 608. The largest absolute Gasteiger partial charge is 0.491 e. The zero-order valence-corrected chi connectivity index (χ0v) is 16.8. The average Bonchev–Trinajstić information content (AvgIpc) is 2.66. The summed E-state index contributed by atoms with van der Waals surface area (Å²) in [5, 5.41) is 6.78. The molecule has 1 aliphatic heterocycles. The predicted molar refractivity (Wildman–Crippen MR) is 107 cm³/mol. The molecule has 27 heavy (non-hydrogen) atoms. The van der Waals surface area contributed by atoms with Gasteiger partial charge >= 0.3 is 6.09 Å². The quantitative estimate of drug-likeness (QED) is 0.590. The molecule has 1 heterocycles. The van der Waals surface area contributed by atoms with E-state index in [-0.39, 0.29) is 12.2 Å². The topological polar surface area (TPSA) is 75.2 Å². The van der Waals surface area contributed by atoms with E-state index in [4.69, 9.17) is 9.47 Å². The van der Waals surface area contributed by atoms with E-state index in [2.05, 4.69) is 27.8 Å². The highest BCUT2D eigenvalue weighted by Crippen LogP contribution is 2.14. The fourth-order valence-corrected chi connectivity index (χ4v) is 2.95. The van der Waals surface area contributed by atoms with Gasteiger partial charge in [0.15, 0.2) is 5.96 Å². The first-order valence-corrected chi connectivity index (χ1v) is 9.66. The standard InChI is InChI=1S/C20H32N4O3/c1-5-26-20(25)24-12-10-17(11-13-24)23-19(21-4)22-14-16-6-8-18(9-7-16)27-15(2)3/h6-9,15,17H,5,10-14H2,1-4H3,(H2,21,22,23). The molecule has 150 valence electrons. The molecule has 0 aliphatic carbocycles. The molecule has 1 fully saturated rings. The Morgan fingerprint density at radius 1 is 1.26 bits per heavy atom. The fraction of sp³-hybridized carbons (Fsp3) is 0.600. The van der Waals surface area contributed by atoms with Crippen LogP contribution in [0, 0.1) is 0 Å². The zero-order chi connectivity index (χ0) is 19.6. The van der Waals surface area contributed by atoms with Crippen molar-refractivity contribution in [2.75, 3.05) is 26.7 Å². The lowest BCUT2D eigenvalue weighted by molar-refractivity contribution is 0.0963. The van der Waals surface area contributed by atoms with Crippen molar-refractivity contribution in [3.63, 3.8) is 0 Å². The minimum absolute atomic E-state index is 0.173. The predicted octanol–water partition coefficient (Wildman–Crippen LogP) is 2.76. The third-order valence-electron chi connectivity index (χ3n) is 4.34. The van der Waals surface area contributed by atoms with Gasteiger partial charge in [-0.15, -0.1) is 0 Å². The molecule has 0 atom stereocenters. The summed E-state index contributed by atoms with van der Waals surface area (Å²) in [5.74, 6) is 1.65. The lowest BCUT2D eigenvalue weighted by atomic mass is 10.1. The van der Waals surface area contributed by atoms with E-state index in [0.717, 1.165) is 30.1 Å². The molecule has 0 aromatic heterocycles. The molecule has 0 unspecified atom stereocenters. The van der Waals surface area contributed by atoms with E-state index >= 15 is 0 Å². The Balaban J connectivity index is 1.75. The molecule has 0 radical (unpaired) electrons. The van der Waals surface area contributed by atoms with Crippen LogP contribution in [0.1, 0.15) is 39.2 Å². The lowest BCUT2D eigenvalue weighted by Crippen LogP contribution is -2.49. The van der Waals surface area contributed by atoms with Gasteiger partial charge in [0.2, 0.25) is 0 Å². The van der Waals surface area contributed by atoms with Crippen LogP contribution >= 0.6 is 0 Å². The molecule has 1 aliphatic rings. The molecule has 7 heteroatoms. The maximum atomic E-state index is 11.8. The molecular weight excluding hydrogens is 344 g/mol. The lowest BCUT2D eigenvalue weighted by Gasteiger charge is -2.32. The van der Waals surface area contributed by atoms with Gasteiger partial charge < -0.3 is 25.0 Å². The summed E-state index contributed by atoms with van der Waals surface area (Å²) in [5.41, 5.74) is 1.16. The molecule has 0 saturated carbocycles. The van der Waals surface area contributed by atoms with E-state index < -0.39 is 0 Å².